The van der Waals surface area contributed by atoms with Crippen molar-refractivity contribution in [3.63, 3.8) is 0 Å². The van der Waals surface area contributed by atoms with Gasteiger partial charge in [-0.2, -0.15) is 4.98 Å². The van der Waals surface area contributed by atoms with Gasteiger partial charge in [-0.3, -0.25) is 9.78 Å². The molecule has 0 aliphatic heterocycles. The Balaban J connectivity index is 1.93. The Morgan fingerprint density at radius 3 is 2.55 bits per heavy atom. The SMILES string of the molecule is CC(C)CC(=O)N(C)Cc1ccc(Cl)c(-c2nc(-c3ccccc3)nc(=O)[nH]2)c1. The van der Waals surface area contributed by atoms with E-state index in [0.29, 0.717) is 41.1 Å². The molecule has 2 aromatic carbocycles. The van der Waals surface area contributed by atoms with Gasteiger partial charge in [0.25, 0.3) is 0 Å². The molecule has 3 rings (SSSR count). The van der Waals surface area contributed by atoms with E-state index in [1.54, 1.807) is 18.0 Å². The molecule has 0 unspecified atom stereocenters. The van der Waals surface area contributed by atoms with Crippen LogP contribution in [0, 0.1) is 5.92 Å². The fourth-order valence-electron chi connectivity index (χ4n) is 2.95. The number of amides is 1. The number of rotatable bonds is 6. The van der Waals surface area contributed by atoms with Crippen molar-refractivity contribution in [1.82, 2.24) is 19.9 Å². The standard InChI is InChI=1S/C22H23ClN4O2/c1-14(2)11-19(28)27(3)13-15-9-10-18(23)17(12-15)21-24-20(25-22(29)26-21)16-7-5-4-6-8-16/h4-10,12,14H,11,13H2,1-3H3,(H,24,25,26,29). The molecule has 1 heterocycles. The van der Waals surface area contributed by atoms with Crippen molar-refractivity contribution in [2.24, 2.45) is 5.92 Å². The third-order valence-corrected chi connectivity index (χ3v) is 4.73. The molecule has 29 heavy (non-hydrogen) atoms. The Morgan fingerprint density at radius 1 is 1.14 bits per heavy atom. The van der Waals surface area contributed by atoms with Gasteiger partial charge in [0.05, 0.1) is 5.02 Å². The topological polar surface area (TPSA) is 79.0 Å². The molecule has 0 aliphatic carbocycles. The molecule has 150 valence electrons. The van der Waals surface area contributed by atoms with E-state index < -0.39 is 5.69 Å². The number of H-pyrrole nitrogens is 1. The molecule has 7 heteroatoms. The molecule has 0 bridgehead atoms. The van der Waals surface area contributed by atoms with Gasteiger partial charge >= 0.3 is 5.69 Å². The van der Waals surface area contributed by atoms with Crippen molar-refractivity contribution >= 4 is 17.5 Å². The minimum atomic E-state index is -0.500. The van der Waals surface area contributed by atoms with E-state index in [4.69, 9.17) is 11.6 Å². The molecule has 6 nitrogen and oxygen atoms in total. The van der Waals surface area contributed by atoms with Crippen LogP contribution in [-0.2, 0) is 11.3 Å². The number of benzene rings is 2. The van der Waals surface area contributed by atoms with Gasteiger partial charge in [-0.05, 0) is 23.6 Å². The zero-order chi connectivity index (χ0) is 21.0. The van der Waals surface area contributed by atoms with E-state index in [2.05, 4.69) is 15.0 Å². The van der Waals surface area contributed by atoms with Gasteiger partial charge in [0, 0.05) is 31.1 Å². The Hall–Kier alpha value is -2.99. The minimum Gasteiger partial charge on any atom is -0.341 e. The number of carbonyl (C=O) groups excluding carboxylic acids is 1. The highest BCUT2D eigenvalue weighted by Gasteiger charge is 2.14. The third kappa shape index (κ3) is 5.29. The Labute approximate surface area is 174 Å². The average molecular weight is 411 g/mol. The quantitative estimate of drug-likeness (QED) is 0.661. The largest absolute Gasteiger partial charge is 0.348 e. The highest BCUT2D eigenvalue weighted by atomic mass is 35.5. The van der Waals surface area contributed by atoms with E-state index >= 15 is 0 Å². The van der Waals surface area contributed by atoms with Crippen molar-refractivity contribution < 1.29 is 4.79 Å². The van der Waals surface area contributed by atoms with Gasteiger partial charge in [0.2, 0.25) is 5.91 Å². The number of aromatic nitrogens is 3. The Morgan fingerprint density at radius 2 is 1.86 bits per heavy atom. The summed E-state index contributed by atoms with van der Waals surface area (Å²) >= 11 is 6.39. The summed E-state index contributed by atoms with van der Waals surface area (Å²) in [5.41, 5.74) is 1.72. The molecule has 1 N–H and O–H groups in total. The van der Waals surface area contributed by atoms with Gasteiger partial charge < -0.3 is 4.90 Å². The summed E-state index contributed by atoms with van der Waals surface area (Å²) in [5.74, 6) is 1.05. The molecule has 1 aromatic heterocycles. The maximum absolute atomic E-state index is 12.3. The fraction of sp³-hybridized carbons (Fsp3) is 0.273. The summed E-state index contributed by atoms with van der Waals surface area (Å²) in [7, 11) is 1.78. The van der Waals surface area contributed by atoms with Gasteiger partial charge in [0.1, 0.15) is 5.82 Å². The molecular formula is C22H23ClN4O2. The van der Waals surface area contributed by atoms with Crippen molar-refractivity contribution in [2.75, 3.05) is 7.05 Å². The van der Waals surface area contributed by atoms with Crippen LogP contribution in [-0.4, -0.2) is 32.8 Å². The summed E-state index contributed by atoms with van der Waals surface area (Å²) in [5, 5.41) is 0.457. The summed E-state index contributed by atoms with van der Waals surface area (Å²) in [4.78, 5) is 37.2. The number of nitrogens with one attached hydrogen (secondary N) is 1. The van der Waals surface area contributed by atoms with Crippen LogP contribution in [0.4, 0.5) is 0 Å². The maximum Gasteiger partial charge on any atom is 0.348 e. The number of nitrogens with zero attached hydrogens (tertiary/aromatic N) is 3. The lowest BCUT2D eigenvalue weighted by Gasteiger charge is -2.19. The minimum absolute atomic E-state index is 0.0818. The molecule has 0 fully saturated rings. The van der Waals surface area contributed by atoms with E-state index in [-0.39, 0.29) is 5.91 Å². The van der Waals surface area contributed by atoms with Gasteiger partial charge in [-0.25, -0.2) is 9.78 Å². The fourth-order valence-corrected chi connectivity index (χ4v) is 3.15. The summed E-state index contributed by atoms with van der Waals surface area (Å²) < 4.78 is 0. The second-order valence-corrected chi connectivity index (χ2v) is 7.76. The predicted molar refractivity (Wildman–Crippen MR) is 114 cm³/mol. The maximum atomic E-state index is 12.3. The number of carbonyl (C=O) groups is 1. The molecule has 0 saturated heterocycles. The number of aromatic amines is 1. The van der Waals surface area contributed by atoms with Crippen LogP contribution < -0.4 is 5.69 Å². The van der Waals surface area contributed by atoms with Crippen LogP contribution in [0.5, 0.6) is 0 Å². The third-order valence-electron chi connectivity index (χ3n) is 4.40. The molecule has 0 atom stereocenters. The van der Waals surface area contributed by atoms with E-state index in [9.17, 15) is 9.59 Å². The first-order valence-corrected chi connectivity index (χ1v) is 9.78. The van der Waals surface area contributed by atoms with Crippen LogP contribution in [0.1, 0.15) is 25.8 Å². The van der Waals surface area contributed by atoms with E-state index in [0.717, 1.165) is 11.1 Å². The first kappa shape index (κ1) is 20.7. The van der Waals surface area contributed by atoms with E-state index in [1.165, 1.54) is 0 Å². The zero-order valence-electron chi connectivity index (χ0n) is 16.6. The zero-order valence-corrected chi connectivity index (χ0v) is 17.4. The number of hydrogen-bond donors (Lipinski definition) is 1. The normalized spacial score (nSPS) is 10.9. The second-order valence-electron chi connectivity index (χ2n) is 7.35. The molecule has 1 amide bonds. The van der Waals surface area contributed by atoms with Gasteiger partial charge in [-0.1, -0.05) is 61.8 Å². The monoisotopic (exact) mass is 410 g/mol. The molecule has 0 spiro atoms. The average Bonchev–Trinajstić information content (AvgIpc) is 2.69. The molecule has 0 radical (unpaired) electrons. The van der Waals surface area contributed by atoms with Crippen molar-refractivity contribution in [3.8, 4) is 22.8 Å². The predicted octanol–water partition coefficient (Wildman–Crippen LogP) is 4.16. The Kier molecular flexibility index (Phi) is 6.44. The lowest BCUT2D eigenvalue weighted by Crippen LogP contribution is -2.27. The first-order valence-electron chi connectivity index (χ1n) is 9.40. The van der Waals surface area contributed by atoms with Gasteiger partial charge in [0.15, 0.2) is 5.82 Å². The lowest BCUT2D eigenvalue weighted by molar-refractivity contribution is -0.131. The second kappa shape index (κ2) is 9.01. The van der Waals surface area contributed by atoms with Crippen LogP contribution in [0.25, 0.3) is 22.8 Å². The van der Waals surface area contributed by atoms with E-state index in [1.807, 2.05) is 56.3 Å². The molecule has 0 aliphatic rings. The molecular weight excluding hydrogens is 388 g/mol. The van der Waals surface area contributed by atoms with Crippen molar-refractivity contribution in [1.29, 1.82) is 0 Å². The van der Waals surface area contributed by atoms with Crippen LogP contribution in [0.2, 0.25) is 5.02 Å². The summed E-state index contributed by atoms with van der Waals surface area (Å²) in [6.45, 7) is 4.47. The highest BCUT2D eigenvalue weighted by molar-refractivity contribution is 6.33. The van der Waals surface area contributed by atoms with Crippen molar-refractivity contribution in [2.45, 2.75) is 26.8 Å². The summed E-state index contributed by atoms with van der Waals surface area (Å²) in [6.07, 6.45) is 0.497. The first-order chi connectivity index (χ1) is 13.8. The number of hydrogen-bond acceptors (Lipinski definition) is 4. The van der Waals surface area contributed by atoms with Crippen LogP contribution in [0.15, 0.2) is 53.3 Å². The smallest absolute Gasteiger partial charge is 0.341 e. The van der Waals surface area contributed by atoms with Crippen LogP contribution >= 0.6 is 11.6 Å². The van der Waals surface area contributed by atoms with Crippen LogP contribution in [0.3, 0.4) is 0 Å². The molecule has 0 saturated carbocycles. The van der Waals surface area contributed by atoms with Gasteiger partial charge in [-0.15, -0.1) is 0 Å². The Bertz CT molecular complexity index is 1060. The highest BCUT2D eigenvalue weighted by Crippen LogP contribution is 2.27. The summed E-state index contributed by atoms with van der Waals surface area (Å²) in [6, 6.07) is 14.7. The lowest BCUT2D eigenvalue weighted by atomic mass is 10.1. The van der Waals surface area contributed by atoms with Crippen molar-refractivity contribution in [3.05, 3.63) is 69.6 Å². The number of halogens is 1. The molecule has 3 aromatic rings.